The summed E-state index contributed by atoms with van der Waals surface area (Å²) in [5.74, 6) is 0.803. The van der Waals surface area contributed by atoms with E-state index in [1.165, 1.54) is 4.88 Å². The van der Waals surface area contributed by atoms with E-state index in [1.54, 1.807) is 17.5 Å². The van der Waals surface area contributed by atoms with Gasteiger partial charge in [-0.2, -0.15) is 0 Å². The number of thiophene rings is 1. The minimum absolute atomic E-state index is 0.0554. The maximum absolute atomic E-state index is 7.70. The molecule has 0 fully saturated rings. The van der Waals surface area contributed by atoms with Crippen LogP contribution in [0.15, 0.2) is 28.2 Å². The van der Waals surface area contributed by atoms with Crippen LogP contribution in [0.1, 0.15) is 16.0 Å². The van der Waals surface area contributed by atoms with E-state index in [-0.39, 0.29) is 5.84 Å². The number of nitrogens with one attached hydrogen (secondary N) is 1. The molecule has 0 saturated carbocycles. The Labute approximate surface area is 124 Å². The van der Waals surface area contributed by atoms with Crippen LogP contribution in [0.2, 0.25) is 0 Å². The number of pyridine rings is 1. The molecule has 2 aromatic heterocycles. The van der Waals surface area contributed by atoms with Crippen molar-refractivity contribution < 1.29 is 0 Å². The van der Waals surface area contributed by atoms with E-state index in [2.05, 4.69) is 32.4 Å². The Balaban J connectivity index is 2.31. The van der Waals surface area contributed by atoms with Crippen LogP contribution in [-0.4, -0.2) is 17.9 Å². The second-order valence-electron chi connectivity index (χ2n) is 4.33. The van der Waals surface area contributed by atoms with Gasteiger partial charge in [0.25, 0.3) is 0 Å². The smallest absolute Gasteiger partial charge is 0.139 e. The lowest BCUT2D eigenvalue weighted by molar-refractivity contribution is 0.907. The van der Waals surface area contributed by atoms with Gasteiger partial charge in [0.1, 0.15) is 11.7 Å². The van der Waals surface area contributed by atoms with Gasteiger partial charge >= 0.3 is 0 Å². The second-order valence-corrected chi connectivity index (χ2v) is 6.24. The van der Waals surface area contributed by atoms with Crippen LogP contribution in [0.4, 0.5) is 5.82 Å². The number of rotatable bonds is 4. The molecule has 0 radical (unpaired) electrons. The third-order valence-electron chi connectivity index (χ3n) is 2.78. The molecule has 0 amide bonds. The standard InChI is InChI=1S/C13H15BrN4S/c1-8-3-4-17-13(11(8)12(15)16)18(2)6-10-5-9(14)7-19-10/h3-5,7H,6H2,1-2H3,(H3,15,16). The molecule has 0 aromatic carbocycles. The van der Waals surface area contributed by atoms with Crippen LogP contribution in [0.25, 0.3) is 0 Å². The largest absolute Gasteiger partial charge is 0.384 e. The Morgan fingerprint density at radius 2 is 2.32 bits per heavy atom. The van der Waals surface area contributed by atoms with Gasteiger partial charge in [0, 0.05) is 28.0 Å². The van der Waals surface area contributed by atoms with Crippen molar-refractivity contribution in [2.75, 3.05) is 11.9 Å². The first-order valence-electron chi connectivity index (χ1n) is 5.73. The number of nitrogens with two attached hydrogens (primary N) is 1. The van der Waals surface area contributed by atoms with Gasteiger partial charge in [-0.25, -0.2) is 4.98 Å². The molecule has 100 valence electrons. The molecule has 0 aliphatic rings. The van der Waals surface area contributed by atoms with Crippen LogP contribution < -0.4 is 10.6 Å². The summed E-state index contributed by atoms with van der Waals surface area (Å²) in [5.41, 5.74) is 7.34. The third kappa shape index (κ3) is 3.13. The minimum atomic E-state index is 0.0554. The van der Waals surface area contributed by atoms with Crippen LogP contribution in [0.3, 0.4) is 0 Å². The van der Waals surface area contributed by atoms with E-state index < -0.39 is 0 Å². The molecule has 0 aliphatic carbocycles. The normalized spacial score (nSPS) is 10.5. The Kier molecular flexibility index (Phi) is 4.21. The first-order chi connectivity index (χ1) is 8.99. The van der Waals surface area contributed by atoms with E-state index in [9.17, 15) is 0 Å². The van der Waals surface area contributed by atoms with Crippen molar-refractivity contribution in [3.05, 3.63) is 44.2 Å². The van der Waals surface area contributed by atoms with Gasteiger partial charge in [-0.15, -0.1) is 11.3 Å². The van der Waals surface area contributed by atoms with Crippen molar-refractivity contribution in [2.24, 2.45) is 5.73 Å². The van der Waals surface area contributed by atoms with Crippen molar-refractivity contribution in [1.82, 2.24) is 4.98 Å². The van der Waals surface area contributed by atoms with Crippen LogP contribution >= 0.6 is 27.3 Å². The summed E-state index contributed by atoms with van der Waals surface area (Å²) in [6.07, 6.45) is 1.75. The lowest BCUT2D eigenvalue weighted by Crippen LogP contribution is -2.23. The van der Waals surface area contributed by atoms with Gasteiger partial charge in [-0.1, -0.05) is 0 Å². The van der Waals surface area contributed by atoms with Crippen LogP contribution in [-0.2, 0) is 6.54 Å². The highest BCUT2D eigenvalue weighted by atomic mass is 79.9. The van der Waals surface area contributed by atoms with Crippen LogP contribution in [0, 0.1) is 12.3 Å². The number of halogens is 1. The fraction of sp³-hybridized carbons (Fsp3) is 0.231. The number of amidine groups is 1. The SMILES string of the molecule is Cc1ccnc(N(C)Cc2cc(Br)cs2)c1C(=N)N. The fourth-order valence-corrected chi connectivity index (χ4v) is 3.41. The summed E-state index contributed by atoms with van der Waals surface area (Å²) in [6, 6.07) is 3.96. The molecule has 2 rings (SSSR count). The van der Waals surface area contributed by atoms with Crippen molar-refractivity contribution in [1.29, 1.82) is 5.41 Å². The minimum Gasteiger partial charge on any atom is -0.384 e. The third-order valence-corrected chi connectivity index (χ3v) is 4.47. The van der Waals surface area contributed by atoms with E-state index in [1.807, 2.05) is 24.9 Å². The molecule has 2 aromatic rings. The summed E-state index contributed by atoms with van der Waals surface area (Å²) < 4.78 is 1.09. The predicted molar refractivity (Wildman–Crippen MR) is 84.1 cm³/mol. The molecule has 0 saturated heterocycles. The number of nitrogen functional groups attached to an aromatic ring is 1. The van der Waals surface area contributed by atoms with Crippen molar-refractivity contribution in [2.45, 2.75) is 13.5 Å². The van der Waals surface area contributed by atoms with E-state index in [4.69, 9.17) is 11.1 Å². The molecule has 0 atom stereocenters. The van der Waals surface area contributed by atoms with Gasteiger partial charge in [0.15, 0.2) is 0 Å². The number of anilines is 1. The summed E-state index contributed by atoms with van der Waals surface area (Å²) in [5, 5.41) is 9.75. The Morgan fingerprint density at radius 3 is 2.89 bits per heavy atom. The lowest BCUT2D eigenvalue weighted by Gasteiger charge is -2.21. The number of nitrogens with zero attached hydrogens (tertiary/aromatic N) is 2. The van der Waals surface area contributed by atoms with Crippen molar-refractivity contribution >= 4 is 38.9 Å². The zero-order chi connectivity index (χ0) is 14.0. The first-order valence-corrected chi connectivity index (χ1v) is 7.40. The molecule has 2 heterocycles. The van der Waals surface area contributed by atoms with Gasteiger partial charge < -0.3 is 10.6 Å². The first kappa shape index (κ1) is 14.0. The maximum Gasteiger partial charge on any atom is 0.139 e. The number of hydrogen-bond acceptors (Lipinski definition) is 4. The van der Waals surface area contributed by atoms with Gasteiger partial charge in [0.2, 0.25) is 0 Å². The topological polar surface area (TPSA) is 66.0 Å². The lowest BCUT2D eigenvalue weighted by atomic mass is 10.1. The quantitative estimate of drug-likeness (QED) is 0.664. The molecule has 0 spiro atoms. The number of aryl methyl sites for hydroxylation is 1. The highest BCUT2D eigenvalue weighted by molar-refractivity contribution is 9.10. The average Bonchev–Trinajstić information content (AvgIpc) is 2.73. The molecular formula is C13H15BrN4S. The van der Waals surface area contributed by atoms with Crippen LogP contribution in [0.5, 0.6) is 0 Å². The maximum atomic E-state index is 7.70. The fourth-order valence-electron chi connectivity index (χ4n) is 1.91. The zero-order valence-corrected chi connectivity index (χ0v) is 13.2. The Hall–Kier alpha value is -1.40. The molecule has 4 nitrogen and oxygen atoms in total. The summed E-state index contributed by atoms with van der Waals surface area (Å²) in [7, 11) is 1.96. The summed E-state index contributed by atoms with van der Waals surface area (Å²) in [6.45, 7) is 2.69. The van der Waals surface area contributed by atoms with Crippen molar-refractivity contribution in [3.63, 3.8) is 0 Å². The Bertz CT molecular complexity index is 608. The predicted octanol–water partition coefficient (Wildman–Crippen LogP) is 3.13. The van der Waals surface area contributed by atoms with Gasteiger partial charge in [0.05, 0.1) is 12.1 Å². The zero-order valence-electron chi connectivity index (χ0n) is 10.8. The van der Waals surface area contributed by atoms with Gasteiger partial charge in [-0.05, 0) is 40.5 Å². The molecule has 3 N–H and O–H groups in total. The highest BCUT2D eigenvalue weighted by Gasteiger charge is 2.14. The molecule has 0 unspecified atom stereocenters. The molecule has 19 heavy (non-hydrogen) atoms. The molecule has 6 heteroatoms. The van der Waals surface area contributed by atoms with E-state index in [0.29, 0.717) is 5.56 Å². The summed E-state index contributed by atoms with van der Waals surface area (Å²) >= 11 is 5.14. The van der Waals surface area contributed by atoms with Crippen molar-refractivity contribution in [3.8, 4) is 0 Å². The Morgan fingerprint density at radius 1 is 1.58 bits per heavy atom. The molecule has 0 aliphatic heterocycles. The molecule has 0 bridgehead atoms. The molecular weight excluding hydrogens is 324 g/mol. The van der Waals surface area contributed by atoms with Gasteiger partial charge in [-0.3, -0.25) is 5.41 Å². The summed E-state index contributed by atoms with van der Waals surface area (Å²) in [4.78, 5) is 7.61. The number of hydrogen-bond donors (Lipinski definition) is 2. The monoisotopic (exact) mass is 338 g/mol. The van der Waals surface area contributed by atoms with E-state index in [0.717, 1.165) is 22.4 Å². The average molecular weight is 339 g/mol. The van der Waals surface area contributed by atoms with E-state index >= 15 is 0 Å². The second kappa shape index (κ2) is 5.71. The highest BCUT2D eigenvalue weighted by Crippen LogP contribution is 2.25. The number of aromatic nitrogens is 1.